The van der Waals surface area contributed by atoms with Crippen molar-refractivity contribution in [2.45, 2.75) is 99.0 Å². The van der Waals surface area contributed by atoms with Crippen molar-refractivity contribution in [1.82, 2.24) is 0 Å². The number of carbonyl (C=O) groups is 1. The summed E-state index contributed by atoms with van der Waals surface area (Å²) < 4.78 is 0. The molecule has 0 amide bonds. The van der Waals surface area contributed by atoms with Gasteiger partial charge >= 0.3 is 0 Å². The fourth-order valence-corrected chi connectivity index (χ4v) is 3.69. The molecule has 0 radical (unpaired) electrons. The quantitative estimate of drug-likeness (QED) is 0.368. The van der Waals surface area contributed by atoms with Crippen molar-refractivity contribution in [3.63, 3.8) is 0 Å². The highest BCUT2D eigenvalue weighted by molar-refractivity contribution is 5.91. The molecule has 0 aromatic rings. The summed E-state index contributed by atoms with van der Waals surface area (Å²) in [5.41, 5.74) is 6.49. The van der Waals surface area contributed by atoms with E-state index in [1.807, 2.05) is 6.92 Å². The molecule has 0 bridgehead atoms. The molecule has 0 unspecified atom stereocenters. The van der Waals surface area contributed by atoms with Crippen molar-refractivity contribution in [3.8, 4) is 0 Å². The first kappa shape index (κ1) is 25.4. The first-order valence-corrected chi connectivity index (χ1v) is 11.2. The first-order chi connectivity index (χ1) is 13.7. The van der Waals surface area contributed by atoms with Gasteiger partial charge in [0.25, 0.3) is 0 Å². The lowest BCUT2D eigenvalue weighted by molar-refractivity contribution is -0.117. The Morgan fingerprint density at radius 2 is 1.38 bits per heavy atom. The number of aliphatic hydroxyl groups is 1. The average Bonchev–Trinajstić information content (AvgIpc) is 2.63. The molecule has 0 saturated heterocycles. The fourth-order valence-electron chi connectivity index (χ4n) is 3.69. The maximum Gasteiger partial charge on any atom is 0.156 e. The lowest BCUT2D eigenvalue weighted by atomic mass is 9.83. The predicted molar refractivity (Wildman–Crippen MR) is 126 cm³/mol. The van der Waals surface area contributed by atoms with Gasteiger partial charge in [0.1, 0.15) is 0 Å². The second kappa shape index (κ2) is 13.5. The number of hydrogen-bond acceptors (Lipinski definition) is 2. The molecule has 2 nitrogen and oxygen atoms in total. The average molecular weight is 399 g/mol. The summed E-state index contributed by atoms with van der Waals surface area (Å²) in [6, 6.07) is 0. The molecular weight excluding hydrogens is 356 g/mol. The molecule has 1 N–H and O–H groups in total. The second-order valence-corrected chi connectivity index (χ2v) is 9.05. The highest BCUT2D eigenvalue weighted by Gasteiger charge is 2.26. The maximum atomic E-state index is 11.7. The monoisotopic (exact) mass is 398 g/mol. The lowest BCUT2D eigenvalue weighted by Crippen LogP contribution is -2.28. The van der Waals surface area contributed by atoms with Crippen molar-refractivity contribution >= 4 is 5.78 Å². The van der Waals surface area contributed by atoms with Crippen molar-refractivity contribution in [2.24, 2.45) is 5.92 Å². The third-order valence-electron chi connectivity index (χ3n) is 5.69. The van der Waals surface area contributed by atoms with Crippen LogP contribution in [0.15, 0.2) is 58.2 Å². The SMILES string of the molecule is CC(C)=CCC/C(C)=C/CC/C(C)=C/CC/C(C)=C/C[C@H]1CC(=O)C=C(C)[C@H]1O. The van der Waals surface area contributed by atoms with Crippen LogP contribution in [-0.2, 0) is 4.79 Å². The van der Waals surface area contributed by atoms with Gasteiger partial charge in [0.15, 0.2) is 5.78 Å². The number of allylic oxidation sites excluding steroid dienone is 9. The molecule has 0 aromatic heterocycles. The van der Waals surface area contributed by atoms with Crippen LogP contribution in [0.5, 0.6) is 0 Å². The predicted octanol–water partition coefficient (Wildman–Crippen LogP) is 7.42. The van der Waals surface area contributed by atoms with Crippen LogP contribution in [0.1, 0.15) is 92.9 Å². The van der Waals surface area contributed by atoms with Crippen molar-refractivity contribution in [1.29, 1.82) is 0 Å². The molecule has 0 heterocycles. The van der Waals surface area contributed by atoms with Crippen LogP contribution in [0.25, 0.3) is 0 Å². The summed E-state index contributed by atoms with van der Waals surface area (Å²) in [4.78, 5) is 11.7. The van der Waals surface area contributed by atoms with Gasteiger partial charge in [0.05, 0.1) is 6.10 Å². The highest BCUT2D eigenvalue weighted by Crippen LogP contribution is 2.26. The van der Waals surface area contributed by atoms with E-state index in [0.717, 1.165) is 50.5 Å². The molecule has 162 valence electrons. The van der Waals surface area contributed by atoms with Crippen LogP contribution in [-0.4, -0.2) is 17.0 Å². The van der Waals surface area contributed by atoms with Gasteiger partial charge in [-0.2, -0.15) is 0 Å². The Balaban J connectivity index is 2.32. The van der Waals surface area contributed by atoms with Gasteiger partial charge in [-0.25, -0.2) is 0 Å². The number of ketones is 1. The summed E-state index contributed by atoms with van der Waals surface area (Å²) >= 11 is 0. The molecular formula is C27H42O2. The molecule has 0 aromatic carbocycles. The van der Waals surface area contributed by atoms with Gasteiger partial charge in [0, 0.05) is 6.42 Å². The van der Waals surface area contributed by atoms with Gasteiger partial charge in [-0.15, -0.1) is 0 Å². The molecule has 1 aliphatic carbocycles. The number of hydrogen-bond donors (Lipinski definition) is 1. The fraction of sp³-hybridized carbons (Fsp3) is 0.593. The first-order valence-electron chi connectivity index (χ1n) is 11.2. The number of carbonyl (C=O) groups excluding carboxylic acids is 1. The van der Waals surface area contributed by atoms with Crippen LogP contribution < -0.4 is 0 Å². The molecule has 0 aliphatic heterocycles. The summed E-state index contributed by atoms with van der Waals surface area (Å²) in [5, 5.41) is 10.2. The van der Waals surface area contributed by atoms with Crippen LogP contribution in [0, 0.1) is 5.92 Å². The summed E-state index contributed by atoms with van der Waals surface area (Å²) in [6.07, 6.45) is 18.3. The van der Waals surface area contributed by atoms with Gasteiger partial charge < -0.3 is 5.11 Å². The molecule has 1 rings (SSSR count). The molecule has 29 heavy (non-hydrogen) atoms. The molecule has 2 atom stereocenters. The summed E-state index contributed by atoms with van der Waals surface area (Å²) in [6.45, 7) is 12.8. The van der Waals surface area contributed by atoms with Gasteiger partial charge in [0.2, 0.25) is 0 Å². The van der Waals surface area contributed by atoms with E-state index in [1.54, 1.807) is 6.08 Å². The van der Waals surface area contributed by atoms with Crippen molar-refractivity contribution < 1.29 is 9.90 Å². The highest BCUT2D eigenvalue weighted by atomic mass is 16.3. The van der Waals surface area contributed by atoms with Crippen LogP contribution >= 0.6 is 0 Å². The largest absolute Gasteiger partial charge is 0.388 e. The minimum absolute atomic E-state index is 0.0338. The molecule has 1 aliphatic rings. The third kappa shape index (κ3) is 11.2. The van der Waals surface area contributed by atoms with Gasteiger partial charge in [-0.05, 0) is 104 Å². The number of aliphatic hydroxyl groups excluding tert-OH is 1. The maximum absolute atomic E-state index is 11.7. The molecule has 0 fully saturated rings. The minimum Gasteiger partial charge on any atom is -0.388 e. The third-order valence-corrected chi connectivity index (χ3v) is 5.69. The normalized spacial score (nSPS) is 21.3. The van der Waals surface area contributed by atoms with E-state index in [2.05, 4.69) is 58.9 Å². The van der Waals surface area contributed by atoms with E-state index < -0.39 is 6.10 Å². The van der Waals surface area contributed by atoms with E-state index in [1.165, 1.54) is 22.3 Å². The van der Waals surface area contributed by atoms with E-state index >= 15 is 0 Å². The Morgan fingerprint density at radius 3 is 1.90 bits per heavy atom. The van der Waals surface area contributed by atoms with E-state index in [4.69, 9.17) is 0 Å². The zero-order valence-electron chi connectivity index (χ0n) is 19.6. The Hall–Kier alpha value is -1.67. The van der Waals surface area contributed by atoms with Crippen LogP contribution in [0.3, 0.4) is 0 Å². The van der Waals surface area contributed by atoms with Crippen molar-refractivity contribution in [3.05, 3.63) is 58.2 Å². The molecule has 2 heteroatoms. The topological polar surface area (TPSA) is 37.3 Å². The molecule has 0 spiro atoms. The summed E-state index contributed by atoms with van der Waals surface area (Å²) in [5.74, 6) is 0.176. The minimum atomic E-state index is -0.475. The number of rotatable bonds is 11. The van der Waals surface area contributed by atoms with Gasteiger partial charge in [-0.1, -0.05) is 46.6 Å². The van der Waals surface area contributed by atoms with Crippen LogP contribution in [0.4, 0.5) is 0 Å². The lowest BCUT2D eigenvalue weighted by Gasteiger charge is -2.25. The van der Waals surface area contributed by atoms with Crippen molar-refractivity contribution in [2.75, 3.05) is 0 Å². The Morgan fingerprint density at radius 1 is 0.897 bits per heavy atom. The Kier molecular flexibility index (Phi) is 11.8. The Labute approximate surface area is 179 Å². The van der Waals surface area contributed by atoms with Crippen LogP contribution in [0.2, 0.25) is 0 Å². The van der Waals surface area contributed by atoms with Gasteiger partial charge in [-0.3, -0.25) is 4.79 Å². The van der Waals surface area contributed by atoms with E-state index in [-0.39, 0.29) is 11.7 Å². The Bertz CT molecular complexity index is 681. The zero-order valence-corrected chi connectivity index (χ0v) is 19.6. The second-order valence-electron chi connectivity index (χ2n) is 9.05. The smallest absolute Gasteiger partial charge is 0.156 e. The van der Waals surface area contributed by atoms with E-state index in [0.29, 0.717) is 6.42 Å². The van der Waals surface area contributed by atoms with E-state index in [9.17, 15) is 9.90 Å². The zero-order chi connectivity index (χ0) is 21.8. The summed E-state index contributed by atoms with van der Waals surface area (Å²) in [7, 11) is 0. The standard InChI is InChI=1S/C27H42O2/c1-20(2)10-7-11-21(3)12-8-13-22(4)14-9-15-23(5)16-17-25-19-26(28)18-24(6)27(25)29/h10,12,14,16,18,25,27,29H,7-9,11,13,15,17,19H2,1-6H3/b21-12+,22-14+,23-16+/t25-,27+/m0/s1. The molecule has 0 saturated carbocycles.